The summed E-state index contributed by atoms with van der Waals surface area (Å²) in [6.07, 6.45) is 0.979. The Hall–Kier alpha value is -2.08. The van der Waals surface area contributed by atoms with E-state index in [-0.39, 0.29) is 5.28 Å². The highest BCUT2D eigenvalue weighted by atomic mass is 35.5. The third-order valence-corrected chi connectivity index (χ3v) is 2.94. The summed E-state index contributed by atoms with van der Waals surface area (Å²) in [7, 11) is 1.64. The lowest BCUT2D eigenvalue weighted by Gasteiger charge is -2.10. The Morgan fingerprint density at radius 2 is 1.81 bits per heavy atom. The normalized spacial score (nSPS) is 10.2. The lowest BCUT2D eigenvalue weighted by molar-refractivity contribution is 0.410. The van der Waals surface area contributed by atoms with Gasteiger partial charge in [-0.2, -0.15) is 15.0 Å². The zero-order valence-electron chi connectivity index (χ0n) is 12.1. The highest BCUT2D eigenvalue weighted by molar-refractivity contribution is 6.28. The molecule has 0 fully saturated rings. The van der Waals surface area contributed by atoms with Crippen LogP contribution >= 0.6 is 11.6 Å². The van der Waals surface area contributed by atoms with Crippen LogP contribution in [0.1, 0.15) is 18.9 Å². The Morgan fingerprint density at radius 3 is 2.52 bits per heavy atom. The fourth-order valence-corrected chi connectivity index (χ4v) is 1.93. The maximum Gasteiger partial charge on any atom is 0.229 e. The predicted molar refractivity (Wildman–Crippen MR) is 83.9 cm³/mol. The van der Waals surface area contributed by atoms with E-state index in [2.05, 4.69) is 32.5 Å². The predicted octanol–water partition coefficient (Wildman–Crippen LogP) is 2.97. The molecule has 0 aliphatic heterocycles. The van der Waals surface area contributed by atoms with Gasteiger partial charge in [0.25, 0.3) is 0 Å². The van der Waals surface area contributed by atoms with Crippen LogP contribution in [0.2, 0.25) is 5.28 Å². The number of hydrogen-bond acceptors (Lipinski definition) is 6. The van der Waals surface area contributed by atoms with Crippen molar-refractivity contribution >= 4 is 23.5 Å². The highest BCUT2D eigenvalue weighted by Gasteiger charge is 2.06. The minimum atomic E-state index is 0.158. The quantitative estimate of drug-likeness (QED) is 0.819. The number of halogens is 1. The fraction of sp³-hybridized carbons (Fsp3) is 0.357. The van der Waals surface area contributed by atoms with E-state index in [0.29, 0.717) is 18.4 Å². The molecule has 0 unspecified atom stereocenters. The molecule has 0 aliphatic rings. The van der Waals surface area contributed by atoms with E-state index in [0.717, 1.165) is 24.3 Å². The molecule has 6 nitrogen and oxygen atoms in total. The number of aromatic nitrogens is 3. The molecule has 0 radical (unpaired) electrons. The molecular weight excluding hydrogens is 290 g/mol. The molecule has 0 spiro atoms. The van der Waals surface area contributed by atoms with Gasteiger partial charge in [-0.25, -0.2) is 0 Å². The zero-order chi connectivity index (χ0) is 15.1. The lowest BCUT2D eigenvalue weighted by Crippen LogP contribution is -2.10. The molecule has 1 aromatic heterocycles. The summed E-state index contributed by atoms with van der Waals surface area (Å²) in [6, 6.07) is 7.76. The van der Waals surface area contributed by atoms with Crippen LogP contribution in [0.15, 0.2) is 24.3 Å². The molecule has 21 heavy (non-hydrogen) atoms. The van der Waals surface area contributed by atoms with E-state index in [1.807, 2.05) is 24.3 Å². The average molecular weight is 308 g/mol. The first-order valence-electron chi connectivity index (χ1n) is 6.74. The smallest absolute Gasteiger partial charge is 0.229 e. The van der Waals surface area contributed by atoms with Gasteiger partial charge in [-0.15, -0.1) is 0 Å². The topological polar surface area (TPSA) is 72.0 Å². The van der Waals surface area contributed by atoms with Crippen LogP contribution in [0.25, 0.3) is 0 Å². The average Bonchev–Trinajstić information content (AvgIpc) is 2.50. The second-order valence-corrected chi connectivity index (χ2v) is 4.68. The Kier molecular flexibility index (Phi) is 5.57. The van der Waals surface area contributed by atoms with Crippen LogP contribution in [0.3, 0.4) is 0 Å². The summed E-state index contributed by atoms with van der Waals surface area (Å²) in [5.41, 5.74) is 1.01. The van der Waals surface area contributed by atoms with Crippen molar-refractivity contribution in [1.82, 2.24) is 15.0 Å². The summed E-state index contributed by atoms with van der Waals surface area (Å²) in [5.74, 6) is 1.72. The molecule has 2 aromatic rings. The Balaban J connectivity index is 2.07. The summed E-state index contributed by atoms with van der Waals surface area (Å²) < 4.78 is 5.30. The molecule has 0 saturated carbocycles. The first kappa shape index (κ1) is 15.3. The van der Waals surface area contributed by atoms with Gasteiger partial charge in [0.1, 0.15) is 5.75 Å². The number of methoxy groups -OCH3 is 1. The fourth-order valence-electron chi connectivity index (χ4n) is 1.77. The van der Waals surface area contributed by atoms with Gasteiger partial charge in [0, 0.05) is 18.7 Å². The number of anilines is 2. The first-order chi connectivity index (χ1) is 10.2. The molecule has 1 heterocycles. The van der Waals surface area contributed by atoms with Crippen LogP contribution in [-0.2, 0) is 6.54 Å². The Labute approximate surface area is 128 Å². The molecule has 0 bridgehead atoms. The number of nitrogens with zero attached hydrogens (tertiary/aromatic N) is 3. The minimum Gasteiger partial charge on any atom is -0.496 e. The largest absolute Gasteiger partial charge is 0.496 e. The number of rotatable bonds is 7. The zero-order valence-corrected chi connectivity index (χ0v) is 12.8. The molecule has 2 rings (SSSR count). The summed E-state index contributed by atoms with van der Waals surface area (Å²) >= 11 is 5.90. The Morgan fingerprint density at radius 1 is 1.10 bits per heavy atom. The van der Waals surface area contributed by atoms with E-state index in [4.69, 9.17) is 16.3 Å². The molecule has 2 N–H and O–H groups in total. The van der Waals surface area contributed by atoms with Crippen LogP contribution in [0.5, 0.6) is 5.75 Å². The molecule has 112 valence electrons. The molecule has 0 saturated heterocycles. The summed E-state index contributed by atoms with van der Waals surface area (Å²) in [4.78, 5) is 12.4. The maximum absolute atomic E-state index is 5.90. The molecule has 7 heteroatoms. The van der Waals surface area contributed by atoms with Gasteiger partial charge >= 0.3 is 0 Å². The van der Waals surface area contributed by atoms with Crippen molar-refractivity contribution in [2.24, 2.45) is 0 Å². The van der Waals surface area contributed by atoms with Gasteiger partial charge < -0.3 is 15.4 Å². The van der Waals surface area contributed by atoms with Crippen LogP contribution in [-0.4, -0.2) is 28.6 Å². The Bertz CT molecular complexity index is 593. The van der Waals surface area contributed by atoms with Crippen molar-refractivity contribution in [3.8, 4) is 5.75 Å². The van der Waals surface area contributed by atoms with Gasteiger partial charge in [-0.1, -0.05) is 25.1 Å². The number of nitrogens with one attached hydrogen (secondary N) is 2. The molecular formula is C14H18ClN5O. The van der Waals surface area contributed by atoms with Gasteiger partial charge in [-0.3, -0.25) is 0 Å². The van der Waals surface area contributed by atoms with Crippen molar-refractivity contribution in [2.75, 3.05) is 24.3 Å². The standard InChI is InChI=1S/C14H18ClN5O/c1-3-8-16-13-18-12(15)19-14(20-13)17-9-10-6-4-5-7-11(10)21-2/h4-7H,3,8-9H2,1-2H3,(H2,16,17,18,19,20). The van der Waals surface area contributed by atoms with Gasteiger partial charge in [0.15, 0.2) is 0 Å². The lowest BCUT2D eigenvalue weighted by atomic mass is 10.2. The number of benzene rings is 1. The monoisotopic (exact) mass is 307 g/mol. The van der Waals surface area contributed by atoms with E-state index in [1.54, 1.807) is 7.11 Å². The minimum absolute atomic E-state index is 0.158. The highest BCUT2D eigenvalue weighted by Crippen LogP contribution is 2.18. The van der Waals surface area contributed by atoms with E-state index < -0.39 is 0 Å². The number of para-hydroxylation sites is 1. The third kappa shape index (κ3) is 4.46. The van der Waals surface area contributed by atoms with Crippen molar-refractivity contribution < 1.29 is 4.74 Å². The van der Waals surface area contributed by atoms with Crippen molar-refractivity contribution in [3.05, 3.63) is 35.1 Å². The van der Waals surface area contributed by atoms with E-state index in [1.165, 1.54) is 0 Å². The van der Waals surface area contributed by atoms with E-state index in [9.17, 15) is 0 Å². The van der Waals surface area contributed by atoms with Crippen LogP contribution in [0.4, 0.5) is 11.9 Å². The molecule has 0 atom stereocenters. The van der Waals surface area contributed by atoms with Gasteiger partial charge in [0.05, 0.1) is 7.11 Å². The third-order valence-electron chi connectivity index (χ3n) is 2.77. The number of hydrogen-bond donors (Lipinski definition) is 2. The summed E-state index contributed by atoms with van der Waals surface area (Å²) in [6.45, 7) is 3.39. The number of ether oxygens (including phenoxy) is 1. The second-order valence-electron chi connectivity index (χ2n) is 4.34. The van der Waals surface area contributed by atoms with E-state index >= 15 is 0 Å². The molecule has 1 aromatic carbocycles. The van der Waals surface area contributed by atoms with Gasteiger partial charge in [0.2, 0.25) is 17.2 Å². The first-order valence-corrected chi connectivity index (χ1v) is 7.12. The maximum atomic E-state index is 5.90. The van der Waals surface area contributed by atoms with Crippen molar-refractivity contribution in [2.45, 2.75) is 19.9 Å². The second kappa shape index (κ2) is 7.64. The SMILES string of the molecule is CCCNc1nc(Cl)nc(NCc2ccccc2OC)n1. The molecule has 0 aliphatic carbocycles. The van der Waals surface area contributed by atoms with Crippen LogP contribution < -0.4 is 15.4 Å². The van der Waals surface area contributed by atoms with Gasteiger partial charge in [-0.05, 0) is 24.1 Å². The van der Waals surface area contributed by atoms with Crippen molar-refractivity contribution in [1.29, 1.82) is 0 Å². The van der Waals surface area contributed by atoms with Crippen LogP contribution in [0, 0.1) is 0 Å². The van der Waals surface area contributed by atoms with Crippen molar-refractivity contribution in [3.63, 3.8) is 0 Å². The molecule has 0 amide bonds. The summed E-state index contributed by atoms with van der Waals surface area (Å²) in [5, 5.41) is 6.37.